The number of rotatable bonds is 8. The topological polar surface area (TPSA) is 79.8 Å². The molecule has 0 aliphatic heterocycles. The van der Waals surface area contributed by atoms with Crippen molar-refractivity contribution in [2.45, 2.75) is 44.9 Å². The van der Waals surface area contributed by atoms with Crippen molar-refractivity contribution in [1.82, 2.24) is 5.32 Å². The van der Waals surface area contributed by atoms with Gasteiger partial charge in [0.2, 0.25) is 0 Å². The third-order valence-electron chi connectivity index (χ3n) is 4.03. The van der Waals surface area contributed by atoms with Crippen LogP contribution in [-0.2, 0) is 11.2 Å². The average molecular weight is 386 g/mol. The number of hydrogen-bond donors (Lipinski definition) is 3. The lowest BCUT2D eigenvalue weighted by molar-refractivity contribution is 0.00726. The van der Waals surface area contributed by atoms with Crippen molar-refractivity contribution in [2.24, 2.45) is 0 Å². The summed E-state index contributed by atoms with van der Waals surface area (Å²) in [7, 11) is 1.60. The van der Waals surface area contributed by atoms with Crippen molar-refractivity contribution in [3.8, 4) is 5.75 Å². The van der Waals surface area contributed by atoms with Gasteiger partial charge in [0.05, 0.1) is 7.11 Å². The molecule has 0 fully saturated rings. The highest BCUT2D eigenvalue weighted by Crippen LogP contribution is 2.18. The molecular weight excluding hydrogens is 356 g/mol. The number of hydrogen-bond acceptors (Lipinski definition) is 5. The second kappa shape index (κ2) is 9.99. The van der Waals surface area contributed by atoms with Crippen LogP contribution in [0.5, 0.6) is 5.75 Å². The maximum Gasteiger partial charge on any atom is 0.407 e. The minimum Gasteiger partial charge on any atom is -0.497 e. The molecule has 6 nitrogen and oxygen atoms in total. The summed E-state index contributed by atoms with van der Waals surface area (Å²) >= 11 is 0. The molecule has 28 heavy (non-hydrogen) atoms. The van der Waals surface area contributed by atoms with Gasteiger partial charge in [-0.1, -0.05) is 36.4 Å². The lowest BCUT2D eigenvalue weighted by atomic mass is 10.0. The predicted octanol–water partition coefficient (Wildman–Crippen LogP) is 3.60. The van der Waals surface area contributed by atoms with Gasteiger partial charge in [-0.05, 0) is 38.5 Å². The summed E-state index contributed by atoms with van der Waals surface area (Å²) in [5, 5.41) is 16.6. The Kier molecular flexibility index (Phi) is 7.70. The third kappa shape index (κ3) is 7.48. The number of aliphatic hydroxyl groups excluding tert-OH is 1. The van der Waals surface area contributed by atoms with Crippen LogP contribution in [0.25, 0.3) is 0 Å². The Labute approximate surface area is 166 Å². The van der Waals surface area contributed by atoms with Crippen molar-refractivity contribution in [3.05, 3.63) is 60.2 Å². The molecule has 0 radical (unpaired) electrons. The molecule has 3 N–H and O–H groups in total. The van der Waals surface area contributed by atoms with Crippen molar-refractivity contribution in [1.29, 1.82) is 0 Å². The summed E-state index contributed by atoms with van der Waals surface area (Å²) in [5.74, 6) is 0.723. The summed E-state index contributed by atoms with van der Waals surface area (Å²) in [4.78, 5) is 12.2. The van der Waals surface area contributed by atoms with Gasteiger partial charge in [0.15, 0.2) is 0 Å². The molecule has 6 heteroatoms. The van der Waals surface area contributed by atoms with Gasteiger partial charge in [-0.25, -0.2) is 4.79 Å². The number of anilines is 1. The Bertz CT molecular complexity index is 744. The summed E-state index contributed by atoms with van der Waals surface area (Å²) < 4.78 is 10.8. The van der Waals surface area contributed by atoms with E-state index in [9.17, 15) is 9.90 Å². The summed E-state index contributed by atoms with van der Waals surface area (Å²) in [6.07, 6.45) is -1.71. The standard InChI is InChI=1S/C22H30N2O4/c1-22(2,3)24-21(26)28-20(13-16-9-6-5-7-10-16)19(25)15-23-17-11-8-12-18(14-17)27-4/h5-12,14,19-20,23,25H,13,15H2,1-4H3,(H,24,26)/t19-,20+/m1/s1. The van der Waals surface area contributed by atoms with E-state index in [0.717, 1.165) is 17.0 Å². The highest BCUT2D eigenvalue weighted by molar-refractivity contribution is 5.68. The molecule has 0 saturated heterocycles. The summed E-state index contributed by atoms with van der Waals surface area (Å²) in [6.45, 7) is 5.86. The first-order valence-corrected chi connectivity index (χ1v) is 9.35. The molecule has 0 bridgehead atoms. The SMILES string of the molecule is COc1cccc(NC[C@@H](O)[C@H](Cc2ccccc2)OC(=O)NC(C)(C)C)c1. The molecular formula is C22H30N2O4. The number of amides is 1. The maximum atomic E-state index is 12.2. The monoisotopic (exact) mass is 386 g/mol. The molecule has 2 aromatic rings. The van der Waals surface area contributed by atoms with E-state index in [1.54, 1.807) is 7.11 Å². The van der Waals surface area contributed by atoms with Gasteiger partial charge >= 0.3 is 6.09 Å². The summed E-state index contributed by atoms with van der Waals surface area (Å²) in [5.41, 5.74) is 1.38. The van der Waals surface area contributed by atoms with Gasteiger partial charge in [-0.2, -0.15) is 0 Å². The highest BCUT2D eigenvalue weighted by Gasteiger charge is 2.25. The van der Waals surface area contributed by atoms with E-state index in [4.69, 9.17) is 9.47 Å². The van der Waals surface area contributed by atoms with Crippen LogP contribution < -0.4 is 15.4 Å². The molecule has 0 unspecified atom stereocenters. The minimum absolute atomic E-state index is 0.230. The van der Waals surface area contributed by atoms with E-state index >= 15 is 0 Å². The molecule has 0 aliphatic carbocycles. The van der Waals surface area contributed by atoms with E-state index < -0.39 is 23.8 Å². The van der Waals surface area contributed by atoms with Crippen molar-refractivity contribution in [3.63, 3.8) is 0 Å². The summed E-state index contributed by atoms with van der Waals surface area (Å²) in [6, 6.07) is 17.1. The first-order chi connectivity index (χ1) is 13.3. The van der Waals surface area contributed by atoms with Crippen molar-refractivity contribution in [2.75, 3.05) is 19.0 Å². The number of aliphatic hydroxyl groups is 1. The van der Waals surface area contributed by atoms with Gasteiger partial charge < -0.3 is 25.2 Å². The van der Waals surface area contributed by atoms with E-state index in [0.29, 0.717) is 6.42 Å². The zero-order valence-corrected chi connectivity index (χ0v) is 16.9. The Morgan fingerprint density at radius 3 is 2.46 bits per heavy atom. The molecule has 1 amide bonds. The van der Waals surface area contributed by atoms with Crippen molar-refractivity contribution < 1.29 is 19.4 Å². The third-order valence-corrected chi connectivity index (χ3v) is 4.03. The number of carbonyl (C=O) groups excluding carboxylic acids is 1. The molecule has 0 saturated carbocycles. The van der Waals surface area contributed by atoms with Crippen molar-refractivity contribution >= 4 is 11.8 Å². The molecule has 0 aliphatic rings. The molecule has 152 valence electrons. The van der Waals surface area contributed by atoms with Gasteiger partial charge in [0, 0.05) is 30.3 Å². The normalized spacial score (nSPS) is 13.3. The largest absolute Gasteiger partial charge is 0.497 e. The zero-order chi connectivity index (χ0) is 20.6. The first-order valence-electron chi connectivity index (χ1n) is 9.35. The molecule has 0 spiro atoms. The van der Waals surface area contributed by atoms with E-state index in [1.807, 2.05) is 75.4 Å². The molecule has 2 aromatic carbocycles. The quantitative estimate of drug-likeness (QED) is 0.646. The number of methoxy groups -OCH3 is 1. The lowest BCUT2D eigenvalue weighted by Gasteiger charge is -2.27. The van der Waals surface area contributed by atoms with Crippen LogP contribution in [0.1, 0.15) is 26.3 Å². The van der Waals surface area contributed by atoms with Crippen LogP contribution >= 0.6 is 0 Å². The number of nitrogens with one attached hydrogen (secondary N) is 2. The second-order valence-electron chi connectivity index (χ2n) is 7.69. The fourth-order valence-corrected chi connectivity index (χ4v) is 2.66. The van der Waals surface area contributed by atoms with Crippen LogP contribution in [0.4, 0.5) is 10.5 Å². The highest BCUT2D eigenvalue weighted by atomic mass is 16.6. The Balaban J connectivity index is 2.04. The van der Waals surface area contributed by atoms with Gasteiger partial charge in [-0.15, -0.1) is 0 Å². The van der Waals surface area contributed by atoms with Crippen LogP contribution in [0.15, 0.2) is 54.6 Å². The Morgan fingerprint density at radius 1 is 1.11 bits per heavy atom. The number of carbonyl (C=O) groups is 1. The average Bonchev–Trinajstić information content (AvgIpc) is 2.65. The van der Waals surface area contributed by atoms with E-state index in [1.165, 1.54) is 0 Å². The second-order valence-corrected chi connectivity index (χ2v) is 7.69. The fraction of sp³-hybridized carbons (Fsp3) is 0.409. The maximum absolute atomic E-state index is 12.2. The first kappa shape index (κ1) is 21.6. The fourth-order valence-electron chi connectivity index (χ4n) is 2.66. The van der Waals surface area contributed by atoms with E-state index in [2.05, 4.69) is 10.6 Å². The molecule has 2 atom stereocenters. The zero-order valence-electron chi connectivity index (χ0n) is 16.9. The van der Waals surface area contributed by atoms with Crippen LogP contribution in [-0.4, -0.2) is 42.6 Å². The van der Waals surface area contributed by atoms with Crippen LogP contribution in [0, 0.1) is 0 Å². The van der Waals surface area contributed by atoms with Crippen LogP contribution in [0.3, 0.4) is 0 Å². The Morgan fingerprint density at radius 2 is 1.82 bits per heavy atom. The van der Waals surface area contributed by atoms with Gasteiger partial charge in [-0.3, -0.25) is 0 Å². The van der Waals surface area contributed by atoms with Gasteiger partial charge in [0.25, 0.3) is 0 Å². The van der Waals surface area contributed by atoms with Crippen LogP contribution in [0.2, 0.25) is 0 Å². The molecule has 2 rings (SSSR count). The number of benzene rings is 2. The lowest BCUT2D eigenvalue weighted by Crippen LogP contribution is -2.45. The van der Waals surface area contributed by atoms with Gasteiger partial charge in [0.1, 0.15) is 18.0 Å². The minimum atomic E-state index is -0.892. The predicted molar refractivity (Wildman–Crippen MR) is 111 cm³/mol. The van der Waals surface area contributed by atoms with E-state index in [-0.39, 0.29) is 6.54 Å². The smallest absolute Gasteiger partial charge is 0.407 e. The number of ether oxygens (including phenoxy) is 2. The molecule has 0 aromatic heterocycles. The number of alkyl carbamates (subject to hydrolysis) is 1. The molecule has 0 heterocycles. The Hall–Kier alpha value is -2.73.